The van der Waals surface area contributed by atoms with E-state index in [1.807, 2.05) is 0 Å². The molecule has 0 spiro atoms. The highest BCUT2D eigenvalue weighted by molar-refractivity contribution is 5.95. The summed E-state index contributed by atoms with van der Waals surface area (Å²) in [5.41, 5.74) is -0.682. The lowest BCUT2D eigenvalue weighted by Crippen LogP contribution is -2.43. The molecule has 0 saturated carbocycles. The van der Waals surface area contributed by atoms with Gasteiger partial charge in [-0.3, -0.25) is 10.1 Å². The highest BCUT2D eigenvalue weighted by atomic mass is 16.6. The molecule has 2 unspecified atom stereocenters. The first kappa shape index (κ1) is 17.9. The van der Waals surface area contributed by atoms with Gasteiger partial charge in [0.05, 0.1) is 12.0 Å². The fraction of sp³-hybridized carbons (Fsp3) is 0.769. The molecule has 1 aliphatic rings. The molecule has 1 heterocycles. The van der Waals surface area contributed by atoms with Crippen molar-refractivity contribution >= 4 is 18.0 Å². The molecule has 9 nitrogen and oxygen atoms in total. The normalized spacial score (nSPS) is 21.2. The quantitative estimate of drug-likeness (QED) is 0.748. The lowest BCUT2D eigenvalue weighted by molar-refractivity contribution is -0.123. The first-order valence-electron chi connectivity index (χ1n) is 6.99. The second kappa shape index (κ2) is 7.19. The third kappa shape index (κ3) is 4.97. The predicted octanol–water partition coefficient (Wildman–Crippen LogP) is 0.834. The Kier molecular flexibility index (Phi) is 5.84. The number of amides is 4. The fourth-order valence-corrected chi connectivity index (χ4v) is 2.19. The van der Waals surface area contributed by atoms with Crippen LogP contribution in [0.15, 0.2) is 5.18 Å². The Labute approximate surface area is 128 Å². The number of hydrogen-bond donors (Lipinski definition) is 2. The average molecular weight is 314 g/mol. The van der Waals surface area contributed by atoms with Crippen molar-refractivity contribution in [2.75, 3.05) is 20.1 Å². The third-order valence-electron chi connectivity index (χ3n) is 3.16. The van der Waals surface area contributed by atoms with E-state index in [2.05, 4.69) is 15.8 Å². The van der Waals surface area contributed by atoms with Gasteiger partial charge in [0.25, 0.3) is 0 Å². The number of imide groups is 1. The Morgan fingerprint density at radius 1 is 1.32 bits per heavy atom. The van der Waals surface area contributed by atoms with Crippen LogP contribution in [0.25, 0.3) is 0 Å². The van der Waals surface area contributed by atoms with E-state index in [-0.39, 0.29) is 19.5 Å². The summed E-state index contributed by atoms with van der Waals surface area (Å²) in [6.07, 6.45) is -0.343. The summed E-state index contributed by atoms with van der Waals surface area (Å²) in [5.74, 6) is -1.09. The van der Waals surface area contributed by atoms with Crippen molar-refractivity contribution in [1.82, 2.24) is 15.5 Å². The molecule has 0 aromatic rings. The fourth-order valence-electron chi connectivity index (χ4n) is 2.19. The van der Waals surface area contributed by atoms with Gasteiger partial charge in [-0.15, -0.1) is 0 Å². The van der Waals surface area contributed by atoms with Crippen LogP contribution in [0.4, 0.5) is 9.59 Å². The molecule has 1 saturated heterocycles. The second-order valence-electron chi connectivity index (χ2n) is 6.10. The van der Waals surface area contributed by atoms with Crippen LogP contribution in [0, 0.1) is 10.8 Å². The first-order valence-corrected chi connectivity index (χ1v) is 6.99. The van der Waals surface area contributed by atoms with Crippen LogP contribution >= 0.6 is 0 Å². The summed E-state index contributed by atoms with van der Waals surface area (Å²) in [4.78, 5) is 47.1. The number of ether oxygens (including phenoxy) is 1. The molecule has 2 N–H and O–H groups in total. The zero-order chi connectivity index (χ0) is 16.9. The Balaban J connectivity index is 2.76. The van der Waals surface area contributed by atoms with Gasteiger partial charge < -0.3 is 15.0 Å². The number of nitroso groups, excluding NO2 is 1. The zero-order valence-corrected chi connectivity index (χ0v) is 13.2. The van der Waals surface area contributed by atoms with Crippen LogP contribution in [0.5, 0.6) is 0 Å². The van der Waals surface area contributed by atoms with Gasteiger partial charge in [0, 0.05) is 13.6 Å². The van der Waals surface area contributed by atoms with Crippen LogP contribution in [0.1, 0.15) is 27.2 Å². The maximum atomic E-state index is 12.1. The number of carbonyl (C=O) groups is 3. The highest BCUT2D eigenvalue weighted by Crippen LogP contribution is 2.26. The molecule has 1 aliphatic heterocycles. The van der Waals surface area contributed by atoms with Crippen LogP contribution < -0.4 is 10.6 Å². The zero-order valence-electron chi connectivity index (χ0n) is 13.2. The van der Waals surface area contributed by atoms with Gasteiger partial charge in [0.15, 0.2) is 0 Å². The molecule has 124 valence electrons. The first-order chi connectivity index (χ1) is 10.2. The molecule has 0 bridgehead atoms. The minimum Gasteiger partial charge on any atom is -0.444 e. The van der Waals surface area contributed by atoms with E-state index in [0.29, 0.717) is 0 Å². The Hall–Kier alpha value is -2.19. The smallest absolute Gasteiger partial charge is 0.410 e. The minimum absolute atomic E-state index is 0.0813. The van der Waals surface area contributed by atoms with Crippen LogP contribution in [0.2, 0.25) is 0 Å². The van der Waals surface area contributed by atoms with Crippen molar-refractivity contribution < 1.29 is 19.1 Å². The van der Waals surface area contributed by atoms with Crippen LogP contribution in [0.3, 0.4) is 0 Å². The molecular formula is C13H22N4O5. The number of likely N-dealkylation sites (tertiary alicyclic amines) is 1. The maximum Gasteiger partial charge on any atom is 0.410 e. The number of nitrogens with one attached hydrogen (secondary N) is 2. The minimum atomic E-state index is -0.682. The number of carbonyl (C=O) groups excluding carboxylic acids is 3. The van der Waals surface area contributed by atoms with Gasteiger partial charge in [0.1, 0.15) is 12.1 Å². The van der Waals surface area contributed by atoms with Gasteiger partial charge in [-0.1, -0.05) is 5.18 Å². The van der Waals surface area contributed by atoms with E-state index in [4.69, 9.17) is 4.74 Å². The van der Waals surface area contributed by atoms with E-state index in [9.17, 15) is 19.3 Å². The van der Waals surface area contributed by atoms with Gasteiger partial charge in [-0.25, -0.2) is 9.59 Å². The van der Waals surface area contributed by atoms with E-state index in [1.165, 1.54) is 11.9 Å². The summed E-state index contributed by atoms with van der Waals surface area (Å²) in [6.45, 7) is 5.14. The average Bonchev–Trinajstić information content (AvgIpc) is 2.81. The summed E-state index contributed by atoms with van der Waals surface area (Å²) in [5, 5.41) is 7.25. The van der Waals surface area contributed by atoms with E-state index >= 15 is 0 Å². The van der Waals surface area contributed by atoms with Crippen molar-refractivity contribution in [3.8, 4) is 0 Å². The topological polar surface area (TPSA) is 117 Å². The molecule has 22 heavy (non-hydrogen) atoms. The van der Waals surface area contributed by atoms with E-state index < -0.39 is 35.6 Å². The third-order valence-corrected chi connectivity index (χ3v) is 3.16. The summed E-state index contributed by atoms with van der Waals surface area (Å²) >= 11 is 0. The molecule has 4 amide bonds. The Morgan fingerprint density at radius 3 is 2.45 bits per heavy atom. The molecule has 1 fully saturated rings. The monoisotopic (exact) mass is 314 g/mol. The largest absolute Gasteiger partial charge is 0.444 e. The molecule has 0 aromatic heterocycles. The molecule has 9 heteroatoms. The summed E-state index contributed by atoms with van der Waals surface area (Å²) < 4.78 is 5.26. The Morgan fingerprint density at radius 2 is 1.95 bits per heavy atom. The van der Waals surface area contributed by atoms with E-state index in [0.717, 1.165) is 0 Å². The van der Waals surface area contributed by atoms with Gasteiger partial charge in [0.2, 0.25) is 5.91 Å². The second-order valence-corrected chi connectivity index (χ2v) is 6.10. The van der Waals surface area contributed by atoms with Crippen LogP contribution in [-0.4, -0.2) is 54.7 Å². The number of nitrogens with zero attached hydrogens (tertiary/aromatic N) is 2. The molecular weight excluding hydrogens is 292 g/mol. The SMILES string of the molecule is CNC(=O)NC(=O)C1CC(CN=O)N(C(=O)OC(C)(C)C)C1. The maximum absolute atomic E-state index is 12.1. The van der Waals surface area contributed by atoms with Gasteiger partial charge in [-0.05, 0) is 27.2 Å². The van der Waals surface area contributed by atoms with Crippen molar-refractivity contribution in [1.29, 1.82) is 0 Å². The summed E-state index contributed by atoms with van der Waals surface area (Å²) in [6, 6.07) is -1.13. The Bertz CT molecular complexity index is 460. The molecule has 0 radical (unpaired) electrons. The van der Waals surface area contributed by atoms with Crippen molar-refractivity contribution in [3.63, 3.8) is 0 Å². The van der Waals surface area contributed by atoms with Crippen LogP contribution in [-0.2, 0) is 9.53 Å². The molecule has 2 atom stereocenters. The van der Waals surface area contributed by atoms with Crippen molar-refractivity contribution in [2.24, 2.45) is 11.1 Å². The predicted molar refractivity (Wildman–Crippen MR) is 78.1 cm³/mol. The van der Waals surface area contributed by atoms with Gasteiger partial charge in [-0.2, -0.15) is 4.91 Å². The van der Waals surface area contributed by atoms with Crippen molar-refractivity contribution in [2.45, 2.75) is 38.8 Å². The summed E-state index contributed by atoms with van der Waals surface area (Å²) in [7, 11) is 1.39. The van der Waals surface area contributed by atoms with Gasteiger partial charge >= 0.3 is 12.1 Å². The number of rotatable bonds is 3. The number of hydrogen-bond acceptors (Lipinski definition) is 6. The number of urea groups is 1. The van der Waals surface area contributed by atoms with E-state index in [1.54, 1.807) is 20.8 Å². The standard InChI is InChI=1S/C13H22N4O5/c1-13(2,3)22-12(20)17-7-8(5-9(17)6-15-21)10(18)16-11(19)14-4/h8-9H,5-7H2,1-4H3,(H2,14,16,18,19). The molecule has 1 rings (SSSR count). The lowest BCUT2D eigenvalue weighted by Gasteiger charge is -2.27. The molecule has 0 aromatic carbocycles. The van der Waals surface area contributed by atoms with Crippen molar-refractivity contribution in [3.05, 3.63) is 4.91 Å². The molecule has 0 aliphatic carbocycles. The lowest BCUT2D eigenvalue weighted by atomic mass is 10.1. The highest BCUT2D eigenvalue weighted by Gasteiger charge is 2.40.